The highest BCUT2D eigenvalue weighted by molar-refractivity contribution is 5.71. The summed E-state index contributed by atoms with van der Waals surface area (Å²) >= 11 is 0. The number of allylic oxidation sites excluding steroid dienone is 22. The third-order valence-electron chi connectivity index (χ3n) is 14.6. The Morgan fingerprint density at radius 2 is 0.470 bits per heavy atom. The lowest BCUT2D eigenvalue weighted by Crippen LogP contribution is -2.30. The van der Waals surface area contributed by atoms with Gasteiger partial charge in [-0.2, -0.15) is 0 Å². The molecule has 0 radical (unpaired) electrons. The smallest absolute Gasteiger partial charge is 0.306 e. The van der Waals surface area contributed by atoms with Gasteiger partial charge in [-0.3, -0.25) is 14.4 Å². The average Bonchev–Trinajstić information content (AvgIpc) is 3.50. The normalized spacial score (nSPS) is 13.0. The lowest BCUT2D eigenvalue weighted by atomic mass is 10.1. The molecule has 0 amide bonds. The minimum atomic E-state index is -0.798. The van der Waals surface area contributed by atoms with Crippen LogP contribution in [0.1, 0.15) is 316 Å². The lowest BCUT2D eigenvalue weighted by molar-refractivity contribution is -0.167. The molecule has 83 heavy (non-hydrogen) atoms. The fourth-order valence-corrected chi connectivity index (χ4v) is 9.49. The van der Waals surface area contributed by atoms with Crippen molar-refractivity contribution in [2.45, 2.75) is 322 Å². The predicted molar refractivity (Wildman–Crippen MR) is 362 cm³/mol. The van der Waals surface area contributed by atoms with Crippen LogP contribution < -0.4 is 0 Å². The van der Waals surface area contributed by atoms with Crippen LogP contribution in [-0.2, 0) is 28.6 Å². The Kier molecular flexibility index (Phi) is 66.3. The lowest BCUT2D eigenvalue weighted by Gasteiger charge is -2.18. The van der Waals surface area contributed by atoms with Crippen LogP contribution in [0.2, 0.25) is 0 Å². The van der Waals surface area contributed by atoms with E-state index in [1.807, 2.05) is 0 Å². The van der Waals surface area contributed by atoms with Gasteiger partial charge in [0.05, 0.1) is 0 Å². The van der Waals surface area contributed by atoms with Gasteiger partial charge < -0.3 is 14.2 Å². The van der Waals surface area contributed by atoms with E-state index in [1.165, 1.54) is 135 Å². The molecule has 0 aromatic carbocycles. The van der Waals surface area contributed by atoms with Crippen molar-refractivity contribution in [3.63, 3.8) is 0 Å². The van der Waals surface area contributed by atoms with Crippen molar-refractivity contribution in [3.05, 3.63) is 134 Å². The van der Waals surface area contributed by atoms with E-state index in [0.717, 1.165) is 141 Å². The minimum Gasteiger partial charge on any atom is -0.462 e. The Labute approximate surface area is 513 Å². The fraction of sp³-hybridized carbons (Fsp3) is 0.675. The molecule has 6 nitrogen and oxygen atoms in total. The Morgan fingerprint density at radius 1 is 0.253 bits per heavy atom. The van der Waals surface area contributed by atoms with Crippen LogP contribution in [0.15, 0.2) is 134 Å². The van der Waals surface area contributed by atoms with E-state index >= 15 is 0 Å². The van der Waals surface area contributed by atoms with Gasteiger partial charge in [-0.05, 0) is 135 Å². The zero-order valence-electron chi connectivity index (χ0n) is 54.2. The van der Waals surface area contributed by atoms with Crippen LogP contribution in [-0.4, -0.2) is 37.2 Å². The molecule has 6 heteroatoms. The van der Waals surface area contributed by atoms with Gasteiger partial charge in [0.25, 0.3) is 0 Å². The van der Waals surface area contributed by atoms with Gasteiger partial charge in [0.2, 0.25) is 0 Å². The molecule has 0 aromatic heterocycles. The molecule has 0 aliphatic rings. The highest BCUT2D eigenvalue weighted by atomic mass is 16.6. The van der Waals surface area contributed by atoms with Gasteiger partial charge in [-0.15, -0.1) is 0 Å². The quantitative estimate of drug-likeness (QED) is 0.0261. The van der Waals surface area contributed by atoms with Crippen LogP contribution in [0.3, 0.4) is 0 Å². The molecule has 0 saturated carbocycles. The highest BCUT2D eigenvalue weighted by Gasteiger charge is 2.19. The summed E-state index contributed by atoms with van der Waals surface area (Å²) in [6.07, 6.45) is 98.9. The highest BCUT2D eigenvalue weighted by Crippen LogP contribution is 2.16. The third-order valence-corrected chi connectivity index (χ3v) is 14.6. The van der Waals surface area contributed by atoms with Crippen molar-refractivity contribution in [1.29, 1.82) is 0 Å². The standard InChI is InChI=1S/C77H128O6/c1-4-7-10-13-16-19-22-25-28-31-34-36-37-38-39-41-43-46-49-52-55-58-61-64-67-70-76(79)82-73-74(72-81-75(78)69-66-63-60-57-54-51-48-45-42-33-30-27-24-21-18-15-12-9-6-3)83-77(80)71-68-65-62-59-56-53-50-47-44-40-35-32-29-26-23-20-17-14-11-8-5-2/h8-9,11-12,17-18,20-22,25-27,29-31,34-35,37-38,40,42,45,74H,4-7,10,13-16,19,23-24,28,32-33,36,39,41,43-44,46-73H2,1-3H3/b11-8-,12-9-,20-17-,21-18-,25-22-,29-26-,30-27-,34-31-,38-37-,40-35-,45-42-. The topological polar surface area (TPSA) is 78.9 Å². The van der Waals surface area contributed by atoms with Crippen molar-refractivity contribution in [1.82, 2.24) is 0 Å². The zero-order valence-corrected chi connectivity index (χ0v) is 54.2. The van der Waals surface area contributed by atoms with Crippen LogP contribution in [0.25, 0.3) is 0 Å². The van der Waals surface area contributed by atoms with E-state index in [-0.39, 0.29) is 31.1 Å². The molecule has 1 unspecified atom stereocenters. The molecule has 0 aliphatic heterocycles. The maximum atomic E-state index is 13.0. The van der Waals surface area contributed by atoms with E-state index in [2.05, 4.69) is 154 Å². The molecule has 1 atom stereocenters. The summed E-state index contributed by atoms with van der Waals surface area (Å²) in [5, 5.41) is 0. The summed E-state index contributed by atoms with van der Waals surface area (Å²) < 4.78 is 17.0. The molecule has 0 N–H and O–H groups in total. The van der Waals surface area contributed by atoms with Crippen LogP contribution in [0.5, 0.6) is 0 Å². The number of unbranched alkanes of at least 4 members (excludes halogenated alkanes) is 29. The van der Waals surface area contributed by atoms with Crippen LogP contribution >= 0.6 is 0 Å². The van der Waals surface area contributed by atoms with E-state index in [0.29, 0.717) is 19.3 Å². The molecule has 0 heterocycles. The van der Waals surface area contributed by atoms with E-state index < -0.39 is 6.10 Å². The largest absolute Gasteiger partial charge is 0.462 e. The Bertz CT molecular complexity index is 1750. The van der Waals surface area contributed by atoms with E-state index in [1.54, 1.807) is 0 Å². The number of carbonyl (C=O) groups excluding carboxylic acids is 3. The van der Waals surface area contributed by atoms with Gasteiger partial charge >= 0.3 is 17.9 Å². The maximum Gasteiger partial charge on any atom is 0.306 e. The number of rotatable bonds is 62. The van der Waals surface area contributed by atoms with Crippen molar-refractivity contribution in [2.75, 3.05) is 13.2 Å². The molecule has 0 aliphatic carbocycles. The summed E-state index contributed by atoms with van der Waals surface area (Å²) in [5.41, 5.74) is 0. The minimum absolute atomic E-state index is 0.0911. The second-order valence-electron chi connectivity index (χ2n) is 22.7. The first-order chi connectivity index (χ1) is 41.0. The molecule has 0 rings (SSSR count). The van der Waals surface area contributed by atoms with Gasteiger partial charge in [0.15, 0.2) is 6.10 Å². The van der Waals surface area contributed by atoms with Gasteiger partial charge in [-0.1, -0.05) is 296 Å². The molecule has 472 valence electrons. The first kappa shape index (κ1) is 78.5. The first-order valence-electron chi connectivity index (χ1n) is 34.7. The first-order valence-corrected chi connectivity index (χ1v) is 34.7. The average molecular weight is 1150 g/mol. The van der Waals surface area contributed by atoms with Crippen molar-refractivity contribution < 1.29 is 28.6 Å². The van der Waals surface area contributed by atoms with Crippen molar-refractivity contribution in [2.24, 2.45) is 0 Å². The zero-order chi connectivity index (χ0) is 59.9. The predicted octanol–water partition coefficient (Wildman–Crippen LogP) is 24.1. The molecule has 0 saturated heterocycles. The van der Waals surface area contributed by atoms with E-state index in [4.69, 9.17) is 14.2 Å². The molecule has 0 aromatic rings. The summed E-state index contributed by atoms with van der Waals surface area (Å²) in [5.74, 6) is -0.910. The second kappa shape index (κ2) is 70.0. The van der Waals surface area contributed by atoms with Crippen molar-refractivity contribution >= 4 is 17.9 Å². The van der Waals surface area contributed by atoms with Gasteiger partial charge in [0, 0.05) is 19.3 Å². The monoisotopic (exact) mass is 1150 g/mol. The number of ether oxygens (including phenoxy) is 3. The fourth-order valence-electron chi connectivity index (χ4n) is 9.49. The second-order valence-corrected chi connectivity index (χ2v) is 22.7. The summed E-state index contributed by atoms with van der Waals surface area (Å²) in [7, 11) is 0. The maximum absolute atomic E-state index is 13.0. The van der Waals surface area contributed by atoms with Crippen LogP contribution in [0.4, 0.5) is 0 Å². The molecule has 0 fully saturated rings. The Hall–Kier alpha value is -4.45. The van der Waals surface area contributed by atoms with Gasteiger partial charge in [-0.25, -0.2) is 0 Å². The number of hydrogen-bond acceptors (Lipinski definition) is 6. The number of hydrogen-bond donors (Lipinski definition) is 0. The molecular weight excluding hydrogens is 1020 g/mol. The van der Waals surface area contributed by atoms with E-state index in [9.17, 15) is 14.4 Å². The third kappa shape index (κ3) is 68.2. The molecular formula is C77H128O6. The van der Waals surface area contributed by atoms with Crippen LogP contribution in [0, 0.1) is 0 Å². The Morgan fingerprint density at radius 3 is 0.735 bits per heavy atom. The summed E-state index contributed by atoms with van der Waals surface area (Å²) in [6.45, 7) is 6.41. The molecule has 0 bridgehead atoms. The number of esters is 3. The summed E-state index contributed by atoms with van der Waals surface area (Å²) in [6, 6.07) is 0. The summed E-state index contributed by atoms with van der Waals surface area (Å²) in [4.78, 5) is 38.5. The van der Waals surface area contributed by atoms with Gasteiger partial charge in [0.1, 0.15) is 13.2 Å². The van der Waals surface area contributed by atoms with Crippen molar-refractivity contribution in [3.8, 4) is 0 Å². The Balaban J connectivity index is 4.43. The molecule has 0 spiro atoms. The SMILES string of the molecule is CC/C=C\C/C=C\C/C=C\C/C=C\CCCCCCCCCCC(=O)OC(COC(=O)CCCCCCCC/C=C\C/C=C\C/C=C\C/C=C\CC)COC(=O)CCCCCCCCCCCC/C=C\C/C=C\C/C=C\CCCCCCC. The number of carbonyl (C=O) groups is 3.